The van der Waals surface area contributed by atoms with E-state index in [9.17, 15) is 18.4 Å². The van der Waals surface area contributed by atoms with Crippen LogP contribution in [0, 0.1) is 5.92 Å². The topological polar surface area (TPSA) is 85.1 Å². The Kier molecular flexibility index (Phi) is 7.49. The first kappa shape index (κ1) is 23.8. The highest BCUT2D eigenvalue weighted by Crippen LogP contribution is 2.36. The third-order valence-electron chi connectivity index (χ3n) is 6.12. The zero-order valence-corrected chi connectivity index (χ0v) is 18.9. The first-order chi connectivity index (χ1) is 16.4. The van der Waals surface area contributed by atoms with Gasteiger partial charge in [0.05, 0.1) is 12.6 Å². The molecule has 1 atom stereocenters. The number of halogens is 2. The number of ether oxygens (including phenoxy) is 2. The fourth-order valence-electron chi connectivity index (χ4n) is 4.22. The van der Waals surface area contributed by atoms with Gasteiger partial charge in [-0.15, -0.1) is 0 Å². The van der Waals surface area contributed by atoms with E-state index in [-0.39, 0.29) is 29.9 Å². The smallest absolute Gasteiger partial charge is 0.387 e. The maximum Gasteiger partial charge on any atom is 0.387 e. The molecule has 2 aromatic carbocycles. The van der Waals surface area contributed by atoms with Crippen molar-refractivity contribution in [2.75, 3.05) is 31.1 Å². The van der Waals surface area contributed by atoms with Crippen LogP contribution in [0.5, 0.6) is 11.5 Å². The number of piperazine rings is 1. The van der Waals surface area contributed by atoms with E-state index in [1.54, 1.807) is 17.0 Å². The highest BCUT2D eigenvalue weighted by atomic mass is 19.3. The maximum atomic E-state index is 12.9. The van der Waals surface area contributed by atoms with Crippen LogP contribution in [-0.2, 0) is 16.0 Å². The normalized spacial score (nSPS) is 18.1. The number of benzene rings is 2. The molecule has 1 saturated carbocycles. The van der Waals surface area contributed by atoms with Crippen LogP contribution in [-0.4, -0.2) is 55.6 Å². The van der Waals surface area contributed by atoms with E-state index < -0.39 is 12.5 Å². The van der Waals surface area contributed by atoms with Crippen molar-refractivity contribution in [1.82, 2.24) is 4.90 Å². The Bertz CT molecular complexity index is 1000. The summed E-state index contributed by atoms with van der Waals surface area (Å²) in [7, 11) is 0. The van der Waals surface area contributed by atoms with Gasteiger partial charge < -0.3 is 25.0 Å². The Morgan fingerprint density at radius 3 is 2.50 bits per heavy atom. The lowest BCUT2D eigenvalue weighted by Gasteiger charge is -2.42. The summed E-state index contributed by atoms with van der Waals surface area (Å²) in [6.07, 6.45) is 2.43. The van der Waals surface area contributed by atoms with Gasteiger partial charge in [0.2, 0.25) is 11.8 Å². The molecule has 4 rings (SSSR count). The number of primary amides is 1. The van der Waals surface area contributed by atoms with Crippen molar-refractivity contribution >= 4 is 17.5 Å². The standard InChI is InChI=1S/C25H29F2N3O4/c26-25(27)34-21-9-8-19(13-22(21)33-16-18-6-7-18)29-10-11-30(24(32)14-23(28)31)20(15-29)12-17-4-2-1-3-5-17/h1-5,8-9,13,18,20,25H,6-7,10-12,14-16H2,(H2,28,31)/t20-/m0/s1. The van der Waals surface area contributed by atoms with Gasteiger partial charge in [-0.1, -0.05) is 30.3 Å². The monoisotopic (exact) mass is 473 g/mol. The summed E-state index contributed by atoms with van der Waals surface area (Å²) in [6, 6.07) is 14.6. The molecule has 182 valence electrons. The Balaban J connectivity index is 1.54. The van der Waals surface area contributed by atoms with Gasteiger partial charge in [0, 0.05) is 31.4 Å². The summed E-state index contributed by atoms with van der Waals surface area (Å²) in [6.45, 7) is -1.03. The van der Waals surface area contributed by atoms with Crippen molar-refractivity contribution in [2.24, 2.45) is 11.7 Å². The summed E-state index contributed by atoms with van der Waals surface area (Å²) in [5, 5.41) is 0. The zero-order valence-electron chi connectivity index (χ0n) is 18.9. The van der Waals surface area contributed by atoms with Crippen LogP contribution in [0.1, 0.15) is 24.8 Å². The lowest BCUT2D eigenvalue weighted by Crippen LogP contribution is -2.56. The van der Waals surface area contributed by atoms with Crippen LogP contribution in [0.2, 0.25) is 0 Å². The summed E-state index contributed by atoms with van der Waals surface area (Å²) in [4.78, 5) is 27.9. The van der Waals surface area contributed by atoms with E-state index in [0.717, 1.165) is 24.1 Å². The molecule has 0 bridgehead atoms. The van der Waals surface area contributed by atoms with Crippen LogP contribution in [0.4, 0.5) is 14.5 Å². The Morgan fingerprint density at radius 1 is 1.06 bits per heavy atom. The molecular formula is C25H29F2N3O4. The number of rotatable bonds is 10. The van der Waals surface area contributed by atoms with Gasteiger partial charge in [0.1, 0.15) is 6.42 Å². The second kappa shape index (κ2) is 10.7. The summed E-state index contributed by atoms with van der Waals surface area (Å²) >= 11 is 0. The molecule has 1 aliphatic heterocycles. The first-order valence-corrected chi connectivity index (χ1v) is 11.5. The first-order valence-electron chi connectivity index (χ1n) is 11.5. The number of nitrogens with two attached hydrogens (primary N) is 1. The van der Waals surface area contributed by atoms with Gasteiger partial charge in [0.15, 0.2) is 11.5 Å². The third-order valence-corrected chi connectivity index (χ3v) is 6.12. The van der Waals surface area contributed by atoms with Gasteiger partial charge in [-0.2, -0.15) is 8.78 Å². The SMILES string of the molecule is NC(=O)CC(=O)N1CCN(c2ccc(OC(F)F)c(OCC3CC3)c2)C[C@@H]1Cc1ccccc1. The summed E-state index contributed by atoms with van der Waals surface area (Å²) in [5.74, 6) is -0.189. The molecule has 1 saturated heterocycles. The molecule has 0 spiro atoms. The average Bonchev–Trinajstić information content (AvgIpc) is 3.63. The van der Waals surface area contributed by atoms with E-state index in [0.29, 0.717) is 38.6 Å². The van der Waals surface area contributed by atoms with Gasteiger partial charge in [-0.25, -0.2) is 0 Å². The van der Waals surface area contributed by atoms with Crippen molar-refractivity contribution in [2.45, 2.75) is 38.3 Å². The number of hydrogen-bond donors (Lipinski definition) is 1. The van der Waals surface area contributed by atoms with Crippen LogP contribution >= 0.6 is 0 Å². The van der Waals surface area contributed by atoms with Gasteiger partial charge in [0.25, 0.3) is 0 Å². The van der Waals surface area contributed by atoms with Crippen LogP contribution in [0.3, 0.4) is 0 Å². The number of alkyl halides is 2. The summed E-state index contributed by atoms with van der Waals surface area (Å²) < 4.78 is 36.2. The number of carbonyl (C=O) groups excluding carboxylic acids is 2. The maximum absolute atomic E-state index is 12.9. The van der Waals surface area contributed by atoms with Crippen LogP contribution in [0.15, 0.2) is 48.5 Å². The van der Waals surface area contributed by atoms with E-state index in [1.807, 2.05) is 30.3 Å². The molecule has 2 amide bonds. The van der Waals surface area contributed by atoms with Crippen molar-refractivity contribution < 1.29 is 27.8 Å². The fourth-order valence-corrected chi connectivity index (χ4v) is 4.22. The van der Waals surface area contributed by atoms with E-state index >= 15 is 0 Å². The predicted molar refractivity (Wildman–Crippen MR) is 123 cm³/mol. The minimum atomic E-state index is -2.94. The quantitative estimate of drug-likeness (QED) is 0.536. The third kappa shape index (κ3) is 6.36. The second-order valence-corrected chi connectivity index (χ2v) is 8.78. The molecule has 2 fully saturated rings. The zero-order chi connectivity index (χ0) is 24.1. The molecule has 9 heteroatoms. The largest absolute Gasteiger partial charge is 0.489 e. The summed E-state index contributed by atoms with van der Waals surface area (Å²) in [5.41, 5.74) is 7.13. The van der Waals surface area contributed by atoms with Crippen molar-refractivity contribution in [1.29, 1.82) is 0 Å². The van der Waals surface area contributed by atoms with Crippen LogP contribution < -0.4 is 20.1 Å². The Hall–Kier alpha value is -3.36. The van der Waals surface area contributed by atoms with E-state index in [1.165, 1.54) is 6.07 Å². The number of nitrogens with zero attached hydrogens (tertiary/aromatic N) is 2. The Morgan fingerprint density at radius 2 is 1.82 bits per heavy atom. The number of anilines is 1. The molecule has 34 heavy (non-hydrogen) atoms. The van der Waals surface area contributed by atoms with Gasteiger partial charge in [-0.05, 0) is 42.9 Å². The highest BCUT2D eigenvalue weighted by molar-refractivity contribution is 5.96. The molecule has 1 heterocycles. The molecule has 0 unspecified atom stereocenters. The van der Waals surface area contributed by atoms with E-state index in [4.69, 9.17) is 10.5 Å². The molecule has 0 radical (unpaired) electrons. The number of amides is 2. The molecule has 0 aromatic heterocycles. The number of carbonyl (C=O) groups is 2. The Labute approximate surface area is 197 Å². The molecule has 1 aliphatic carbocycles. The predicted octanol–water partition coefficient (Wildman–Crippen LogP) is 3.21. The lowest BCUT2D eigenvalue weighted by molar-refractivity contribution is -0.137. The molecule has 2 aromatic rings. The van der Waals surface area contributed by atoms with Crippen molar-refractivity contribution in [3.8, 4) is 11.5 Å². The average molecular weight is 474 g/mol. The molecule has 2 aliphatic rings. The van der Waals surface area contributed by atoms with Crippen molar-refractivity contribution in [3.05, 3.63) is 54.1 Å². The van der Waals surface area contributed by atoms with Gasteiger partial charge in [-0.3, -0.25) is 9.59 Å². The molecular weight excluding hydrogens is 444 g/mol. The fraction of sp³-hybridized carbons (Fsp3) is 0.440. The molecule has 2 N–H and O–H groups in total. The van der Waals surface area contributed by atoms with Crippen LogP contribution in [0.25, 0.3) is 0 Å². The number of hydrogen-bond acceptors (Lipinski definition) is 5. The minimum Gasteiger partial charge on any atom is -0.489 e. The molecule has 7 nitrogen and oxygen atoms in total. The second-order valence-electron chi connectivity index (χ2n) is 8.78. The highest BCUT2D eigenvalue weighted by Gasteiger charge is 2.32. The van der Waals surface area contributed by atoms with Gasteiger partial charge >= 0.3 is 6.61 Å². The van der Waals surface area contributed by atoms with Crippen molar-refractivity contribution in [3.63, 3.8) is 0 Å². The minimum absolute atomic E-state index is 0.00973. The lowest BCUT2D eigenvalue weighted by atomic mass is 10.0. The van der Waals surface area contributed by atoms with E-state index in [2.05, 4.69) is 9.64 Å².